The van der Waals surface area contributed by atoms with E-state index in [1.165, 1.54) is 31.4 Å². The zero-order valence-electron chi connectivity index (χ0n) is 6.21. The molecule has 0 aromatic heterocycles. The molecule has 0 aromatic carbocycles. The van der Waals surface area contributed by atoms with Crippen molar-refractivity contribution in [1.82, 2.24) is 0 Å². The maximum absolute atomic E-state index is 5.60. The number of thioether (sulfide) groups is 1. The van der Waals surface area contributed by atoms with E-state index in [1.54, 1.807) is 0 Å². The van der Waals surface area contributed by atoms with Crippen LogP contribution in [0.3, 0.4) is 0 Å². The fourth-order valence-corrected chi connectivity index (χ4v) is 3.04. The Hall–Kier alpha value is 0.310. The van der Waals surface area contributed by atoms with E-state index in [0.717, 1.165) is 12.5 Å². The molecule has 0 spiro atoms. The van der Waals surface area contributed by atoms with Gasteiger partial charge in [0.2, 0.25) is 0 Å². The summed E-state index contributed by atoms with van der Waals surface area (Å²) in [6.45, 7) is 0.992. The fourth-order valence-electron chi connectivity index (χ4n) is 1.88. The van der Waals surface area contributed by atoms with Gasteiger partial charge in [-0.2, -0.15) is 0 Å². The first-order chi connectivity index (χ1) is 4.97. The highest BCUT2D eigenvalue weighted by atomic mass is 32.2. The third-order valence-electron chi connectivity index (χ3n) is 2.43. The van der Waals surface area contributed by atoms with E-state index >= 15 is 0 Å². The molecule has 0 aromatic rings. The van der Waals surface area contributed by atoms with Crippen LogP contribution in [0.15, 0.2) is 0 Å². The second-order valence-electron chi connectivity index (χ2n) is 3.15. The molecule has 1 saturated heterocycles. The van der Waals surface area contributed by atoms with Crippen LogP contribution in [0.1, 0.15) is 25.7 Å². The molecule has 2 fully saturated rings. The maximum atomic E-state index is 5.60. The smallest absolute Gasteiger partial charge is 0.106 e. The zero-order chi connectivity index (χ0) is 6.81. The first kappa shape index (κ1) is 6.99. The van der Waals surface area contributed by atoms with E-state index in [9.17, 15) is 0 Å². The molecule has 1 aliphatic carbocycles. The van der Waals surface area contributed by atoms with Gasteiger partial charge in [0.15, 0.2) is 0 Å². The topological polar surface area (TPSA) is 9.23 Å². The lowest BCUT2D eigenvalue weighted by molar-refractivity contribution is 0.102. The number of ether oxygens (including phenoxy) is 1. The normalized spacial score (nSPS) is 35.4. The molecule has 0 bridgehead atoms. The molecule has 2 rings (SSSR count). The van der Waals surface area contributed by atoms with Crippen LogP contribution >= 0.6 is 11.8 Å². The van der Waals surface area contributed by atoms with Crippen LogP contribution in [0.25, 0.3) is 0 Å². The van der Waals surface area contributed by atoms with Crippen molar-refractivity contribution in [1.29, 1.82) is 0 Å². The summed E-state index contributed by atoms with van der Waals surface area (Å²) in [5, 5.41) is 0. The average molecular weight is 158 g/mol. The predicted octanol–water partition coefficient (Wildman–Crippen LogP) is 2.27. The first-order valence-electron chi connectivity index (χ1n) is 4.20. The molecule has 0 amide bonds. The van der Waals surface area contributed by atoms with Gasteiger partial charge in [0, 0.05) is 5.75 Å². The Morgan fingerprint density at radius 1 is 1.20 bits per heavy atom. The minimum atomic E-state index is 0.572. The highest BCUT2D eigenvalue weighted by molar-refractivity contribution is 8.00. The Morgan fingerprint density at radius 3 is 2.60 bits per heavy atom. The molecule has 1 saturated carbocycles. The van der Waals surface area contributed by atoms with Crippen LogP contribution in [0.2, 0.25) is 0 Å². The summed E-state index contributed by atoms with van der Waals surface area (Å²) in [6, 6.07) is 0. The fraction of sp³-hybridized carbons (Fsp3) is 1.00. The summed E-state index contributed by atoms with van der Waals surface area (Å²) in [7, 11) is 0. The first-order valence-corrected chi connectivity index (χ1v) is 5.25. The quantitative estimate of drug-likeness (QED) is 0.579. The number of hydrogen-bond donors (Lipinski definition) is 0. The van der Waals surface area contributed by atoms with E-state index in [2.05, 4.69) is 0 Å². The second-order valence-corrected chi connectivity index (χ2v) is 4.36. The minimum absolute atomic E-state index is 0.572. The van der Waals surface area contributed by atoms with Gasteiger partial charge >= 0.3 is 0 Å². The molecule has 1 atom stereocenters. The van der Waals surface area contributed by atoms with Crippen LogP contribution in [-0.4, -0.2) is 17.8 Å². The minimum Gasteiger partial charge on any atom is -0.366 e. The monoisotopic (exact) mass is 158 g/mol. The highest BCUT2D eigenvalue weighted by Gasteiger charge is 2.28. The van der Waals surface area contributed by atoms with E-state index < -0.39 is 0 Å². The molecule has 1 heterocycles. The van der Waals surface area contributed by atoms with Crippen molar-refractivity contribution < 1.29 is 4.74 Å². The summed E-state index contributed by atoms with van der Waals surface area (Å²) in [4.78, 5) is 0. The van der Waals surface area contributed by atoms with Gasteiger partial charge in [-0.25, -0.2) is 0 Å². The van der Waals surface area contributed by atoms with Gasteiger partial charge in [-0.1, -0.05) is 12.8 Å². The SMILES string of the molecule is C1CCC(C2OCCS2)C1. The molecule has 1 aliphatic heterocycles. The van der Waals surface area contributed by atoms with Gasteiger partial charge in [0.05, 0.1) is 6.61 Å². The molecule has 1 unspecified atom stereocenters. The predicted molar refractivity (Wildman–Crippen MR) is 44.2 cm³/mol. The molecular weight excluding hydrogens is 144 g/mol. The third-order valence-corrected chi connectivity index (χ3v) is 3.68. The maximum Gasteiger partial charge on any atom is 0.106 e. The van der Waals surface area contributed by atoms with E-state index in [4.69, 9.17) is 4.74 Å². The van der Waals surface area contributed by atoms with Crippen LogP contribution in [0.4, 0.5) is 0 Å². The summed E-state index contributed by atoms with van der Waals surface area (Å²) in [6.07, 6.45) is 5.70. The largest absolute Gasteiger partial charge is 0.366 e. The van der Waals surface area contributed by atoms with Crippen molar-refractivity contribution in [2.75, 3.05) is 12.4 Å². The Bertz CT molecular complexity index is 89.8. The summed E-state index contributed by atoms with van der Waals surface area (Å²) >= 11 is 2.02. The average Bonchev–Trinajstić information content (AvgIpc) is 2.59. The molecule has 2 aliphatic rings. The van der Waals surface area contributed by atoms with Crippen molar-refractivity contribution in [3.63, 3.8) is 0 Å². The van der Waals surface area contributed by atoms with Crippen LogP contribution in [-0.2, 0) is 4.74 Å². The highest BCUT2D eigenvalue weighted by Crippen LogP contribution is 2.36. The van der Waals surface area contributed by atoms with Gasteiger partial charge in [0.1, 0.15) is 5.44 Å². The standard InChI is InChI=1S/C8H14OS/c1-2-4-7(3-1)8-9-5-6-10-8/h7-8H,1-6H2. The third kappa shape index (κ3) is 1.32. The lowest BCUT2D eigenvalue weighted by Crippen LogP contribution is -2.12. The lowest BCUT2D eigenvalue weighted by Gasteiger charge is -2.15. The number of rotatable bonds is 1. The Morgan fingerprint density at radius 2 is 2.00 bits per heavy atom. The summed E-state index contributed by atoms with van der Waals surface area (Å²) in [5.74, 6) is 2.12. The molecule has 0 N–H and O–H groups in total. The molecular formula is C8H14OS. The van der Waals surface area contributed by atoms with Crippen molar-refractivity contribution in [3.05, 3.63) is 0 Å². The van der Waals surface area contributed by atoms with Crippen molar-refractivity contribution in [2.45, 2.75) is 31.1 Å². The zero-order valence-corrected chi connectivity index (χ0v) is 7.03. The van der Waals surface area contributed by atoms with Crippen LogP contribution in [0, 0.1) is 5.92 Å². The van der Waals surface area contributed by atoms with Crippen LogP contribution < -0.4 is 0 Å². The molecule has 58 valence electrons. The van der Waals surface area contributed by atoms with Crippen molar-refractivity contribution in [3.8, 4) is 0 Å². The summed E-state index contributed by atoms with van der Waals surface area (Å²) in [5.41, 5.74) is 0.572. The molecule has 0 radical (unpaired) electrons. The van der Waals surface area contributed by atoms with Crippen molar-refractivity contribution >= 4 is 11.8 Å². The van der Waals surface area contributed by atoms with Gasteiger partial charge in [-0.3, -0.25) is 0 Å². The lowest BCUT2D eigenvalue weighted by atomic mass is 10.1. The molecule has 1 nitrogen and oxygen atoms in total. The van der Waals surface area contributed by atoms with Crippen molar-refractivity contribution in [2.24, 2.45) is 5.92 Å². The van der Waals surface area contributed by atoms with Gasteiger partial charge < -0.3 is 4.74 Å². The van der Waals surface area contributed by atoms with Crippen LogP contribution in [0.5, 0.6) is 0 Å². The van der Waals surface area contributed by atoms with Gasteiger partial charge in [0.25, 0.3) is 0 Å². The van der Waals surface area contributed by atoms with E-state index in [0.29, 0.717) is 5.44 Å². The number of hydrogen-bond acceptors (Lipinski definition) is 2. The Balaban J connectivity index is 1.85. The molecule has 2 heteroatoms. The van der Waals surface area contributed by atoms with Gasteiger partial charge in [-0.05, 0) is 18.8 Å². The summed E-state index contributed by atoms with van der Waals surface area (Å²) < 4.78 is 5.60. The van der Waals surface area contributed by atoms with E-state index in [1.807, 2.05) is 11.8 Å². The molecule has 10 heavy (non-hydrogen) atoms. The Labute approximate surface area is 66.5 Å². The Kier molecular flexibility index (Phi) is 2.19. The second kappa shape index (κ2) is 3.14. The van der Waals surface area contributed by atoms with Gasteiger partial charge in [-0.15, -0.1) is 11.8 Å². The van der Waals surface area contributed by atoms with E-state index in [-0.39, 0.29) is 0 Å².